The molecular weight excluding hydrogens is 402 g/mol. The highest BCUT2D eigenvalue weighted by Crippen LogP contribution is 2.24. The summed E-state index contributed by atoms with van der Waals surface area (Å²) in [4.78, 5) is 15.1. The Hall–Kier alpha value is -2.42. The number of ether oxygens (including phenoxy) is 1. The average molecular weight is 432 g/mol. The molecule has 0 bridgehead atoms. The highest BCUT2D eigenvalue weighted by atomic mass is 32.2. The van der Waals surface area contributed by atoms with E-state index < -0.39 is 16.1 Å². The van der Waals surface area contributed by atoms with Gasteiger partial charge in [0, 0.05) is 6.54 Å². The summed E-state index contributed by atoms with van der Waals surface area (Å²) in [7, 11) is -2.30. The molecule has 2 N–H and O–H groups in total. The number of nitrogens with zero attached hydrogens (tertiary/aromatic N) is 1. The Balaban J connectivity index is 1.62. The summed E-state index contributed by atoms with van der Waals surface area (Å²) in [5.74, 6) is 0.209. The van der Waals surface area contributed by atoms with Crippen molar-refractivity contribution in [3.63, 3.8) is 0 Å². The van der Waals surface area contributed by atoms with Crippen LogP contribution in [0, 0.1) is 0 Å². The van der Waals surface area contributed by atoms with Crippen LogP contribution in [0.25, 0.3) is 0 Å². The first-order chi connectivity index (χ1) is 14.4. The van der Waals surface area contributed by atoms with Gasteiger partial charge in [0.05, 0.1) is 24.1 Å². The van der Waals surface area contributed by atoms with Crippen molar-refractivity contribution in [3.05, 3.63) is 60.2 Å². The molecule has 1 fully saturated rings. The number of rotatable bonds is 9. The fourth-order valence-electron chi connectivity index (χ4n) is 3.65. The molecule has 30 heavy (non-hydrogen) atoms. The van der Waals surface area contributed by atoms with Crippen LogP contribution >= 0.6 is 0 Å². The summed E-state index contributed by atoms with van der Waals surface area (Å²) in [5, 5.41) is 2.92. The van der Waals surface area contributed by atoms with Gasteiger partial charge in [-0.25, -0.2) is 8.42 Å². The highest BCUT2D eigenvalue weighted by Gasteiger charge is 2.26. The van der Waals surface area contributed by atoms with Gasteiger partial charge in [-0.3, -0.25) is 9.69 Å². The van der Waals surface area contributed by atoms with Gasteiger partial charge in [-0.1, -0.05) is 30.3 Å². The molecule has 7 nitrogen and oxygen atoms in total. The van der Waals surface area contributed by atoms with Crippen molar-refractivity contribution in [3.8, 4) is 5.75 Å². The largest absolute Gasteiger partial charge is 0.497 e. The fourth-order valence-corrected chi connectivity index (χ4v) is 4.85. The molecule has 1 unspecified atom stereocenters. The molecule has 2 aromatic rings. The SMILES string of the molecule is COc1ccc(S(=O)(=O)N[C@@H](C)C(=O)NCC(c2ccccc2)N2CCCC2)cc1. The van der Waals surface area contributed by atoms with Crippen LogP contribution in [0.1, 0.15) is 31.4 Å². The van der Waals surface area contributed by atoms with Crippen LogP contribution in [0.2, 0.25) is 0 Å². The maximum Gasteiger partial charge on any atom is 0.241 e. The molecule has 8 heteroatoms. The second kappa shape index (κ2) is 10.1. The van der Waals surface area contributed by atoms with Gasteiger partial charge in [-0.2, -0.15) is 4.72 Å². The van der Waals surface area contributed by atoms with Gasteiger partial charge in [-0.05, 0) is 62.7 Å². The Bertz CT molecular complexity index is 927. The van der Waals surface area contributed by atoms with E-state index in [0.717, 1.165) is 31.5 Å². The van der Waals surface area contributed by atoms with Crippen molar-refractivity contribution in [1.82, 2.24) is 14.9 Å². The Morgan fingerprint density at radius 3 is 2.30 bits per heavy atom. The summed E-state index contributed by atoms with van der Waals surface area (Å²) in [6.45, 7) is 3.96. The maximum atomic E-state index is 12.6. The molecule has 1 saturated heterocycles. The second-order valence-corrected chi connectivity index (χ2v) is 9.15. The first kappa shape index (κ1) is 22.3. The lowest BCUT2D eigenvalue weighted by atomic mass is 10.1. The van der Waals surface area contributed by atoms with E-state index in [0.29, 0.717) is 12.3 Å². The van der Waals surface area contributed by atoms with Crippen LogP contribution in [0.5, 0.6) is 5.75 Å². The first-order valence-electron chi connectivity index (χ1n) is 10.1. The zero-order chi connectivity index (χ0) is 21.6. The number of likely N-dealkylation sites (tertiary alicyclic amines) is 1. The summed E-state index contributed by atoms with van der Waals surface area (Å²) in [6, 6.07) is 15.3. The Morgan fingerprint density at radius 2 is 1.70 bits per heavy atom. The zero-order valence-corrected chi connectivity index (χ0v) is 18.2. The van der Waals surface area contributed by atoms with Crippen LogP contribution in [-0.4, -0.2) is 52.0 Å². The normalized spacial score (nSPS) is 16.7. The van der Waals surface area contributed by atoms with Gasteiger partial charge in [0.15, 0.2) is 0 Å². The third-order valence-electron chi connectivity index (χ3n) is 5.33. The molecule has 0 radical (unpaired) electrons. The third kappa shape index (κ3) is 5.59. The number of carbonyl (C=O) groups is 1. The van der Waals surface area contributed by atoms with E-state index in [-0.39, 0.29) is 16.8 Å². The van der Waals surface area contributed by atoms with Crippen LogP contribution in [0.15, 0.2) is 59.5 Å². The highest BCUT2D eigenvalue weighted by molar-refractivity contribution is 7.89. The smallest absolute Gasteiger partial charge is 0.241 e. The number of carbonyl (C=O) groups excluding carboxylic acids is 1. The predicted molar refractivity (Wildman–Crippen MR) is 116 cm³/mol. The van der Waals surface area contributed by atoms with E-state index in [2.05, 4.69) is 27.1 Å². The van der Waals surface area contributed by atoms with Gasteiger partial charge >= 0.3 is 0 Å². The minimum Gasteiger partial charge on any atom is -0.497 e. The lowest BCUT2D eigenvalue weighted by molar-refractivity contribution is -0.122. The zero-order valence-electron chi connectivity index (χ0n) is 17.4. The molecule has 0 spiro atoms. The van der Waals surface area contributed by atoms with Gasteiger partial charge in [0.1, 0.15) is 5.75 Å². The lowest BCUT2D eigenvalue weighted by Gasteiger charge is -2.28. The van der Waals surface area contributed by atoms with Gasteiger partial charge in [-0.15, -0.1) is 0 Å². The molecule has 0 aromatic heterocycles. The Kier molecular flexibility index (Phi) is 7.47. The molecule has 1 heterocycles. The lowest BCUT2D eigenvalue weighted by Crippen LogP contribution is -2.47. The topological polar surface area (TPSA) is 87.7 Å². The quantitative estimate of drug-likeness (QED) is 0.636. The number of nitrogens with one attached hydrogen (secondary N) is 2. The molecular formula is C22H29N3O4S. The van der Waals surface area contributed by atoms with E-state index >= 15 is 0 Å². The van der Waals surface area contributed by atoms with E-state index in [9.17, 15) is 13.2 Å². The van der Waals surface area contributed by atoms with Gasteiger partial charge in [0.25, 0.3) is 0 Å². The second-order valence-electron chi connectivity index (χ2n) is 7.43. The van der Waals surface area contributed by atoms with Crippen molar-refractivity contribution in [2.24, 2.45) is 0 Å². The third-order valence-corrected chi connectivity index (χ3v) is 6.89. The number of benzene rings is 2. The number of hydrogen-bond donors (Lipinski definition) is 2. The fraction of sp³-hybridized carbons (Fsp3) is 0.409. The van der Waals surface area contributed by atoms with Crippen molar-refractivity contribution < 1.29 is 17.9 Å². The summed E-state index contributed by atoms with van der Waals surface area (Å²) in [5.41, 5.74) is 1.14. The number of amides is 1. The van der Waals surface area contributed by atoms with Crippen LogP contribution in [0.3, 0.4) is 0 Å². The van der Waals surface area contributed by atoms with Crippen LogP contribution in [-0.2, 0) is 14.8 Å². The Labute approximate surface area is 178 Å². The average Bonchev–Trinajstić information content (AvgIpc) is 3.29. The first-order valence-corrected chi connectivity index (χ1v) is 11.6. The van der Waals surface area contributed by atoms with Crippen molar-refractivity contribution in [1.29, 1.82) is 0 Å². The van der Waals surface area contributed by atoms with Gasteiger partial charge < -0.3 is 10.1 Å². The standard InChI is InChI=1S/C22H29N3O4S/c1-17(24-30(27,28)20-12-10-19(29-2)11-13-20)22(26)23-16-21(25-14-6-7-15-25)18-8-4-3-5-9-18/h3-5,8-13,17,21,24H,6-7,14-16H2,1-2H3,(H,23,26)/t17-,21?/m0/s1. The van der Waals surface area contributed by atoms with E-state index in [1.165, 1.54) is 19.2 Å². The molecule has 1 amide bonds. The summed E-state index contributed by atoms with van der Waals surface area (Å²) >= 11 is 0. The predicted octanol–water partition coefficient (Wildman–Crippen LogP) is 2.32. The van der Waals surface area contributed by atoms with Crippen molar-refractivity contribution in [2.75, 3.05) is 26.7 Å². The van der Waals surface area contributed by atoms with Gasteiger partial charge in [0.2, 0.25) is 15.9 Å². The molecule has 2 aromatic carbocycles. The van der Waals surface area contributed by atoms with E-state index in [1.54, 1.807) is 19.1 Å². The Morgan fingerprint density at radius 1 is 1.07 bits per heavy atom. The minimum absolute atomic E-state index is 0.0723. The number of hydrogen-bond acceptors (Lipinski definition) is 5. The maximum absolute atomic E-state index is 12.6. The number of sulfonamides is 1. The number of methoxy groups -OCH3 is 1. The monoisotopic (exact) mass is 431 g/mol. The molecule has 162 valence electrons. The van der Waals surface area contributed by atoms with Crippen molar-refractivity contribution in [2.45, 2.75) is 36.7 Å². The van der Waals surface area contributed by atoms with E-state index in [4.69, 9.17) is 4.74 Å². The minimum atomic E-state index is -3.81. The molecule has 0 saturated carbocycles. The van der Waals surface area contributed by atoms with Crippen LogP contribution in [0.4, 0.5) is 0 Å². The molecule has 3 rings (SSSR count). The molecule has 1 aliphatic rings. The molecule has 1 aliphatic heterocycles. The van der Waals surface area contributed by atoms with E-state index in [1.807, 2.05) is 18.2 Å². The summed E-state index contributed by atoms with van der Waals surface area (Å²) < 4.78 is 32.6. The summed E-state index contributed by atoms with van der Waals surface area (Å²) in [6.07, 6.45) is 2.30. The van der Waals surface area contributed by atoms with Crippen molar-refractivity contribution >= 4 is 15.9 Å². The molecule has 2 atom stereocenters. The molecule has 0 aliphatic carbocycles. The van der Waals surface area contributed by atoms with Crippen LogP contribution < -0.4 is 14.8 Å².